The average molecular weight is 410 g/mol. The maximum absolute atomic E-state index is 13.0. The zero-order valence-electron chi connectivity index (χ0n) is 18.0. The highest BCUT2D eigenvalue weighted by Crippen LogP contribution is 2.35. The van der Waals surface area contributed by atoms with Crippen LogP contribution in [0, 0.1) is 6.92 Å². The summed E-state index contributed by atoms with van der Waals surface area (Å²) in [7, 11) is 0. The van der Waals surface area contributed by atoms with Crippen LogP contribution in [0.5, 0.6) is 0 Å². The van der Waals surface area contributed by atoms with Gasteiger partial charge in [-0.3, -0.25) is 4.79 Å². The van der Waals surface area contributed by atoms with Gasteiger partial charge in [-0.05, 0) is 37.1 Å². The number of hydrogen-bond donors (Lipinski definition) is 0. The molecule has 0 aliphatic carbocycles. The zero-order valence-corrected chi connectivity index (χ0v) is 18.0. The quantitative estimate of drug-likeness (QED) is 0.438. The number of carbonyl (C=O) groups excluding carboxylic acids is 1. The zero-order chi connectivity index (χ0) is 21.4. The monoisotopic (exact) mass is 409 g/mol. The van der Waals surface area contributed by atoms with Gasteiger partial charge in [-0.2, -0.15) is 0 Å². The number of rotatable bonds is 5. The van der Waals surface area contributed by atoms with Crippen LogP contribution in [0.2, 0.25) is 0 Å². The highest BCUT2D eigenvalue weighted by molar-refractivity contribution is 5.81. The Morgan fingerprint density at radius 2 is 1.68 bits per heavy atom. The molecule has 1 saturated heterocycles. The molecule has 156 valence electrons. The molecule has 4 aromatic rings. The SMILES string of the molecule is Cc1ccc(Cn2c(C3CC(=O)N(C(C)c4ccccc4)C3)nc3ccccc32)cc1. The summed E-state index contributed by atoms with van der Waals surface area (Å²) < 4.78 is 2.30. The van der Waals surface area contributed by atoms with E-state index in [0.717, 1.165) is 23.4 Å². The standard InChI is InChI=1S/C27H27N3O/c1-19-12-14-21(15-13-19)17-30-25-11-7-6-10-24(25)28-27(30)23-16-26(31)29(18-23)20(2)22-8-4-3-5-9-22/h3-15,20,23H,16-18H2,1-2H3. The van der Waals surface area contributed by atoms with Crippen LogP contribution >= 0.6 is 0 Å². The van der Waals surface area contributed by atoms with Crippen molar-refractivity contribution in [1.29, 1.82) is 0 Å². The Kier molecular flexibility index (Phi) is 5.06. The summed E-state index contributed by atoms with van der Waals surface area (Å²) in [6.45, 7) is 5.68. The number of aryl methyl sites for hydroxylation is 1. The molecule has 1 aliphatic heterocycles. The third-order valence-corrected chi connectivity index (χ3v) is 6.42. The lowest BCUT2D eigenvalue weighted by Crippen LogP contribution is -2.28. The van der Waals surface area contributed by atoms with Gasteiger partial charge >= 0.3 is 0 Å². The molecule has 0 saturated carbocycles. The Morgan fingerprint density at radius 1 is 0.968 bits per heavy atom. The van der Waals surface area contributed by atoms with Crippen LogP contribution in [0.3, 0.4) is 0 Å². The molecule has 2 unspecified atom stereocenters. The Morgan fingerprint density at radius 3 is 2.45 bits per heavy atom. The van der Waals surface area contributed by atoms with Gasteiger partial charge in [0.15, 0.2) is 0 Å². The number of likely N-dealkylation sites (tertiary alicyclic amines) is 1. The Hall–Kier alpha value is -3.40. The third-order valence-electron chi connectivity index (χ3n) is 6.42. The first-order valence-corrected chi connectivity index (χ1v) is 11.0. The van der Waals surface area contributed by atoms with Gasteiger partial charge in [-0.1, -0.05) is 72.3 Å². The van der Waals surface area contributed by atoms with Gasteiger partial charge in [-0.15, -0.1) is 0 Å². The van der Waals surface area contributed by atoms with E-state index in [2.05, 4.69) is 73.0 Å². The van der Waals surface area contributed by atoms with Crippen LogP contribution in [0.15, 0.2) is 78.9 Å². The molecule has 5 rings (SSSR count). The van der Waals surface area contributed by atoms with Crippen LogP contribution in [-0.2, 0) is 11.3 Å². The van der Waals surface area contributed by atoms with E-state index in [1.807, 2.05) is 29.2 Å². The topological polar surface area (TPSA) is 38.1 Å². The number of carbonyl (C=O) groups is 1. The lowest BCUT2D eigenvalue weighted by atomic mass is 10.1. The highest BCUT2D eigenvalue weighted by Gasteiger charge is 2.36. The molecule has 1 amide bonds. The van der Waals surface area contributed by atoms with Gasteiger partial charge < -0.3 is 9.47 Å². The summed E-state index contributed by atoms with van der Waals surface area (Å²) in [6.07, 6.45) is 0.508. The largest absolute Gasteiger partial charge is 0.335 e. The molecule has 4 nitrogen and oxygen atoms in total. The smallest absolute Gasteiger partial charge is 0.223 e. The summed E-state index contributed by atoms with van der Waals surface area (Å²) >= 11 is 0. The number of benzene rings is 3. The van der Waals surface area contributed by atoms with Gasteiger partial charge in [0.2, 0.25) is 5.91 Å². The molecule has 31 heavy (non-hydrogen) atoms. The molecular formula is C27H27N3O. The van der Waals surface area contributed by atoms with Gasteiger partial charge in [-0.25, -0.2) is 4.98 Å². The summed E-state index contributed by atoms with van der Waals surface area (Å²) in [5, 5.41) is 0. The number of fused-ring (bicyclic) bond motifs is 1. The highest BCUT2D eigenvalue weighted by atomic mass is 16.2. The first-order chi connectivity index (χ1) is 15.1. The minimum atomic E-state index is 0.0635. The lowest BCUT2D eigenvalue weighted by Gasteiger charge is -2.25. The van der Waals surface area contributed by atoms with Crippen LogP contribution in [0.1, 0.15) is 47.8 Å². The third kappa shape index (κ3) is 3.74. The fourth-order valence-corrected chi connectivity index (χ4v) is 4.64. The van der Waals surface area contributed by atoms with Crippen molar-refractivity contribution in [1.82, 2.24) is 14.5 Å². The molecule has 2 atom stereocenters. The van der Waals surface area contributed by atoms with Crippen LogP contribution < -0.4 is 0 Å². The van der Waals surface area contributed by atoms with Crippen LogP contribution in [0.4, 0.5) is 0 Å². The van der Waals surface area contributed by atoms with Crippen molar-refractivity contribution < 1.29 is 4.79 Å². The number of amides is 1. The number of imidazole rings is 1. The summed E-state index contributed by atoms with van der Waals surface area (Å²) in [6, 6.07) is 27.3. The van der Waals surface area contributed by atoms with Crippen LogP contribution in [-0.4, -0.2) is 26.9 Å². The second-order valence-electron chi connectivity index (χ2n) is 8.56. The molecule has 0 spiro atoms. The maximum atomic E-state index is 13.0. The van der Waals surface area contributed by atoms with E-state index in [4.69, 9.17) is 4.98 Å². The van der Waals surface area contributed by atoms with Crippen molar-refractivity contribution in [3.63, 3.8) is 0 Å². The van der Waals surface area contributed by atoms with E-state index in [0.29, 0.717) is 13.0 Å². The van der Waals surface area contributed by atoms with Crippen molar-refractivity contribution in [3.05, 3.63) is 101 Å². The summed E-state index contributed by atoms with van der Waals surface area (Å²) in [5.74, 6) is 1.31. The van der Waals surface area contributed by atoms with Crippen molar-refractivity contribution in [2.24, 2.45) is 0 Å². The van der Waals surface area contributed by atoms with Crippen LogP contribution in [0.25, 0.3) is 11.0 Å². The predicted molar refractivity (Wildman–Crippen MR) is 124 cm³/mol. The normalized spacial score (nSPS) is 17.4. The number of hydrogen-bond acceptors (Lipinski definition) is 2. The molecule has 4 heteroatoms. The lowest BCUT2D eigenvalue weighted by molar-refractivity contribution is -0.129. The fourth-order valence-electron chi connectivity index (χ4n) is 4.64. The number of nitrogens with zero attached hydrogens (tertiary/aromatic N) is 3. The molecule has 0 N–H and O–H groups in total. The van der Waals surface area contributed by atoms with E-state index < -0.39 is 0 Å². The first-order valence-electron chi connectivity index (χ1n) is 11.0. The number of para-hydroxylation sites is 2. The molecular weight excluding hydrogens is 382 g/mol. The molecule has 0 radical (unpaired) electrons. The molecule has 2 heterocycles. The summed E-state index contributed by atoms with van der Waals surface area (Å²) in [4.78, 5) is 20.0. The van der Waals surface area contributed by atoms with Crippen molar-refractivity contribution in [3.8, 4) is 0 Å². The summed E-state index contributed by atoms with van der Waals surface area (Å²) in [5.41, 5.74) is 5.79. The van der Waals surface area contributed by atoms with Gasteiger partial charge in [0.1, 0.15) is 5.82 Å². The molecule has 3 aromatic carbocycles. The molecule has 1 fully saturated rings. The van der Waals surface area contributed by atoms with Gasteiger partial charge in [0.05, 0.1) is 17.1 Å². The van der Waals surface area contributed by atoms with Crippen molar-refractivity contribution in [2.45, 2.75) is 38.8 Å². The van der Waals surface area contributed by atoms with E-state index >= 15 is 0 Å². The Bertz CT molecular complexity index is 1210. The number of aromatic nitrogens is 2. The minimum Gasteiger partial charge on any atom is -0.335 e. The maximum Gasteiger partial charge on any atom is 0.223 e. The predicted octanol–water partition coefficient (Wildman–Crippen LogP) is 5.47. The second-order valence-corrected chi connectivity index (χ2v) is 8.56. The Labute approximate surface area is 183 Å². The molecule has 1 aliphatic rings. The van der Waals surface area contributed by atoms with E-state index in [1.165, 1.54) is 16.7 Å². The first kappa shape index (κ1) is 19.6. The fraction of sp³-hybridized carbons (Fsp3) is 0.259. The van der Waals surface area contributed by atoms with E-state index in [1.54, 1.807) is 0 Å². The molecule has 0 bridgehead atoms. The van der Waals surface area contributed by atoms with E-state index in [9.17, 15) is 4.79 Å². The molecule has 1 aromatic heterocycles. The Balaban J connectivity index is 1.48. The van der Waals surface area contributed by atoms with Gasteiger partial charge in [0.25, 0.3) is 0 Å². The van der Waals surface area contributed by atoms with E-state index in [-0.39, 0.29) is 17.9 Å². The van der Waals surface area contributed by atoms with Crippen molar-refractivity contribution >= 4 is 16.9 Å². The van der Waals surface area contributed by atoms with Crippen molar-refractivity contribution in [2.75, 3.05) is 6.54 Å². The minimum absolute atomic E-state index is 0.0635. The second kappa shape index (κ2) is 8.03. The van der Waals surface area contributed by atoms with Gasteiger partial charge in [0, 0.05) is 25.4 Å². The average Bonchev–Trinajstić information content (AvgIpc) is 3.36.